The largest absolute Gasteiger partial charge is 0.493 e. The van der Waals surface area contributed by atoms with Crippen LogP contribution in [0.4, 0.5) is 5.69 Å². The molecule has 0 fully saturated rings. The first-order valence-electron chi connectivity index (χ1n) is 8.84. The summed E-state index contributed by atoms with van der Waals surface area (Å²) in [6.07, 6.45) is -1.13. The molecule has 0 saturated carbocycles. The summed E-state index contributed by atoms with van der Waals surface area (Å²) >= 11 is 0. The molecule has 0 N–H and O–H groups in total. The topological polar surface area (TPSA) is 105 Å². The zero-order valence-electron chi connectivity index (χ0n) is 17.2. The summed E-state index contributed by atoms with van der Waals surface area (Å²) < 4.78 is 15.4. The van der Waals surface area contributed by atoms with E-state index in [1.165, 1.54) is 21.1 Å². The average Bonchev–Trinajstić information content (AvgIpc) is 2.68. The molecule has 1 atom stereocenters. The first-order chi connectivity index (χ1) is 13.6. The van der Waals surface area contributed by atoms with E-state index in [0.717, 1.165) is 28.8 Å². The minimum absolute atomic E-state index is 0.102. The molecule has 154 valence electrons. The third kappa shape index (κ3) is 4.53. The lowest BCUT2D eigenvalue weighted by Gasteiger charge is -2.16. The lowest BCUT2D eigenvalue weighted by Crippen LogP contribution is -2.25. The van der Waals surface area contributed by atoms with Gasteiger partial charge in [-0.2, -0.15) is 0 Å². The number of carbonyl (C=O) groups excluding carboxylic acids is 2. The number of benzene rings is 2. The number of aryl methyl sites for hydroxylation is 3. The maximum Gasteiger partial charge on any atom is 0.346 e. The van der Waals surface area contributed by atoms with Crippen LogP contribution < -0.4 is 9.47 Å². The Kier molecular flexibility index (Phi) is 6.58. The van der Waals surface area contributed by atoms with Gasteiger partial charge in [-0.15, -0.1) is 0 Å². The van der Waals surface area contributed by atoms with Crippen LogP contribution in [0.1, 0.15) is 44.3 Å². The summed E-state index contributed by atoms with van der Waals surface area (Å²) in [5, 5.41) is 11.4. The monoisotopic (exact) mass is 401 g/mol. The van der Waals surface area contributed by atoms with Crippen LogP contribution in [0.15, 0.2) is 24.3 Å². The van der Waals surface area contributed by atoms with Crippen molar-refractivity contribution < 1.29 is 28.7 Å². The normalized spacial score (nSPS) is 11.5. The lowest BCUT2D eigenvalue weighted by atomic mass is 9.96. The number of nitro benzene ring substituents is 1. The number of Topliss-reactive ketones (excluding diaryl/α,β-unsaturated/α-hetero) is 1. The first-order valence-corrected chi connectivity index (χ1v) is 8.84. The predicted molar refractivity (Wildman–Crippen MR) is 106 cm³/mol. The molecular weight excluding hydrogens is 378 g/mol. The van der Waals surface area contributed by atoms with Gasteiger partial charge in [-0.25, -0.2) is 4.79 Å². The standard InChI is InChI=1S/C21H23NO7/c1-11-7-13(3)15(8-12(11)2)20(23)14(4)29-21(24)16-9-18(27-5)19(28-6)10-17(16)22(25)26/h7-10,14H,1-6H3/t14-/m0/s1. The van der Waals surface area contributed by atoms with Crippen LogP contribution in [0.3, 0.4) is 0 Å². The number of ether oxygens (including phenoxy) is 3. The molecule has 0 amide bonds. The number of esters is 1. The number of nitro groups is 1. The van der Waals surface area contributed by atoms with Crippen molar-refractivity contribution in [3.63, 3.8) is 0 Å². The number of rotatable bonds is 7. The van der Waals surface area contributed by atoms with E-state index < -0.39 is 22.7 Å². The molecule has 0 heterocycles. The Morgan fingerprint density at radius 2 is 1.45 bits per heavy atom. The van der Waals surface area contributed by atoms with Gasteiger partial charge in [0, 0.05) is 11.6 Å². The molecule has 0 aliphatic carbocycles. The van der Waals surface area contributed by atoms with Crippen LogP contribution in [-0.2, 0) is 4.74 Å². The van der Waals surface area contributed by atoms with Gasteiger partial charge < -0.3 is 14.2 Å². The maximum absolute atomic E-state index is 12.8. The summed E-state index contributed by atoms with van der Waals surface area (Å²) in [6.45, 7) is 7.06. The summed E-state index contributed by atoms with van der Waals surface area (Å²) in [4.78, 5) is 36.1. The number of nitrogens with zero attached hydrogens (tertiary/aromatic N) is 1. The van der Waals surface area contributed by atoms with Gasteiger partial charge in [0.15, 0.2) is 17.6 Å². The fourth-order valence-electron chi connectivity index (χ4n) is 2.91. The highest BCUT2D eigenvalue weighted by Gasteiger charge is 2.29. The van der Waals surface area contributed by atoms with Crippen LogP contribution in [0.25, 0.3) is 0 Å². The smallest absolute Gasteiger partial charge is 0.346 e. The van der Waals surface area contributed by atoms with Gasteiger partial charge in [0.25, 0.3) is 5.69 Å². The van der Waals surface area contributed by atoms with Crippen LogP contribution in [0.2, 0.25) is 0 Å². The highest BCUT2D eigenvalue weighted by Crippen LogP contribution is 2.35. The summed E-state index contributed by atoms with van der Waals surface area (Å²) in [5.74, 6) is -1.15. The molecule has 0 saturated heterocycles. The van der Waals surface area contributed by atoms with Gasteiger partial charge in [-0.1, -0.05) is 6.07 Å². The van der Waals surface area contributed by atoms with Crippen molar-refractivity contribution in [3.8, 4) is 11.5 Å². The average molecular weight is 401 g/mol. The molecule has 0 spiro atoms. The molecule has 2 aromatic carbocycles. The molecule has 0 bridgehead atoms. The molecule has 8 heteroatoms. The van der Waals surface area contributed by atoms with Crippen LogP contribution in [-0.4, -0.2) is 37.0 Å². The third-order valence-electron chi connectivity index (χ3n) is 4.68. The second-order valence-electron chi connectivity index (χ2n) is 6.64. The van der Waals surface area contributed by atoms with Gasteiger partial charge in [-0.3, -0.25) is 14.9 Å². The van der Waals surface area contributed by atoms with E-state index >= 15 is 0 Å². The molecule has 0 aliphatic rings. The van der Waals surface area contributed by atoms with Crippen molar-refractivity contribution in [1.29, 1.82) is 0 Å². The van der Waals surface area contributed by atoms with E-state index in [1.807, 2.05) is 19.9 Å². The Bertz CT molecular complexity index is 981. The van der Waals surface area contributed by atoms with Gasteiger partial charge in [-0.05, 0) is 50.5 Å². The fraction of sp³-hybridized carbons (Fsp3) is 0.333. The Hall–Kier alpha value is -3.42. The van der Waals surface area contributed by atoms with Crippen LogP contribution in [0, 0.1) is 30.9 Å². The Labute approximate surface area is 168 Å². The molecule has 8 nitrogen and oxygen atoms in total. The van der Waals surface area contributed by atoms with E-state index in [1.54, 1.807) is 13.0 Å². The highest BCUT2D eigenvalue weighted by atomic mass is 16.6. The zero-order chi connectivity index (χ0) is 21.9. The quantitative estimate of drug-likeness (QED) is 0.299. The SMILES string of the molecule is COc1cc(C(=O)O[C@@H](C)C(=O)c2cc(C)c(C)cc2C)c([N+](=O)[O-])cc1OC. The van der Waals surface area contributed by atoms with Crippen molar-refractivity contribution in [2.45, 2.75) is 33.8 Å². The van der Waals surface area contributed by atoms with Crippen LogP contribution in [0.5, 0.6) is 11.5 Å². The molecular formula is C21H23NO7. The summed E-state index contributed by atoms with van der Waals surface area (Å²) in [5.41, 5.74) is 2.35. The maximum atomic E-state index is 12.8. The number of carbonyl (C=O) groups is 2. The van der Waals surface area contributed by atoms with E-state index in [-0.39, 0.29) is 22.8 Å². The lowest BCUT2D eigenvalue weighted by molar-refractivity contribution is -0.385. The highest BCUT2D eigenvalue weighted by molar-refractivity contribution is 6.03. The van der Waals surface area contributed by atoms with Crippen molar-refractivity contribution in [2.75, 3.05) is 14.2 Å². The van der Waals surface area contributed by atoms with Crippen molar-refractivity contribution in [2.24, 2.45) is 0 Å². The number of methoxy groups -OCH3 is 2. The van der Waals surface area contributed by atoms with Crippen molar-refractivity contribution >= 4 is 17.4 Å². The van der Waals surface area contributed by atoms with E-state index in [9.17, 15) is 19.7 Å². The molecule has 0 aromatic heterocycles. The molecule has 29 heavy (non-hydrogen) atoms. The Morgan fingerprint density at radius 3 is 2.00 bits per heavy atom. The van der Waals surface area contributed by atoms with Crippen molar-refractivity contribution in [3.05, 3.63) is 62.2 Å². The molecule has 2 rings (SSSR count). The molecule has 0 unspecified atom stereocenters. The summed E-state index contributed by atoms with van der Waals surface area (Å²) in [7, 11) is 2.67. The second kappa shape index (κ2) is 8.72. The van der Waals surface area contributed by atoms with Gasteiger partial charge in [0.1, 0.15) is 5.56 Å². The van der Waals surface area contributed by atoms with E-state index in [0.29, 0.717) is 5.56 Å². The Morgan fingerprint density at radius 1 is 0.897 bits per heavy atom. The summed E-state index contributed by atoms with van der Waals surface area (Å²) in [6, 6.07) is 5.87. The number of hydrogen-bond donors (Lipinski definition) is 0. The van der Waals surface area contributed by atoms with Gasteiger partial charge in [0.2, 0.25) is 5.78 Å². The van der Waals surface area contributed by atoms with E-state index in [2.05, 4.69) is 0 Å². The number of ketones is 1. The van der Waals surface area contributed by atoms with Crippen molar-refractivity contribution in [1.82, 2.24) is 0 Å². The second-order valence-corrected chi connectivity index (χ2v) is 6.64. The third-order valence-corrected chi connectivity index (χ3v) is 4.68. The predicted octanol–water partition coefficient (Wildman–Crippen LogP) is 3.97. The minimum Gasteiger partial charge on any atom is -0.493 e. The Balaban J connectivity index is 2.35. The molecule has 2 aromatic rings. The number of hydrogen-bond acceptors (Lipinski definition) is 7. The molecule has 0 radical (unpaired) electrons. The minimum atomic E-state index is -1.13. The molecule has 0 aliphatic heterocycles. The fourth-order valence-corrected chi connectivity index (χ4v) is 2.91. The van der Waals surface area contributed by atoms with Gasteiger partial charge >= 0.3 is 5.97 Å². The first kappa shape index (κ1) is 21.9. The zero-order valence-corrected chi connectivity index (χ0v) is 17.2. The van der Waals surface area contributed by atoms with Gasteiger partial charge in [0.05, 0.1) is 25.2 Å². The van der Waals surface area contributed by atoms with Crippen LogP contribution >= 0.6 is 0 Å². The van der Waals surface area contributed by atoms with E-state index in [4.69, 9.17) is 14.2 Å².